The molecule has 0 bridgehead atoms. The number of nitrogens with zero attached hydrogens (tertiary/aromatic N) is 2. The molecule has 0 aromatic carbocycles. The fourth-order valence-electron chi connectivity index (χ4n) is 3.90. The summed E-state index contributed by atoms with van der Waals surface area (Å²) in [6.07, 6.45) is 7.72. The molecule has 0 aliphatic heterocycles. The Morgan fingerprint density at radius 2 is 2.03 bits per heavy atom. The number of ether oxygens (including phenoxy) is 1. The average Bonchev–Trinajstić information content (AvgIpc) is 3.08. The van der Waals surface area contributed by atoms with Crippen LogP contribution in [0.4, 0.5) is 5.69 Å². The zero-order chi connectivity index (χ0) is 21.0. The number of fused-ring (bicyclic) bond motifs is 1. The van der Waals surface area contributed by atoms with Crippen molar-refractivity contribution >= 4 is 30.6 Å². The van der Waals surface area contributed by atoms with E-state index in [1.165, 1.54) is 0 Å². The third kappa shape index (κ3) is 5.68. The number of carbonyl (C=O) groups is 1. The largest absolute Gasteiger partial charge is 0.396 e. The molecule has 2 N–H and O–H groups in total. The van der Waals surface area contributed by atoms with Crippen LogP contribution in [0.3, 0.4) is 0 Å². The first-order valence-electron chi connectivity index (χ1n) is 10.7. The number of nitrogens with one attached hydrogen (secondary N) is 1. The summed E-state index contributed by atoms with van der Waals surface area (Å²) in [6, 6.07) is 3.48. The number of aliphatic hydroxyl groups excluding tert-OH is 1. The van der Waals surface area contributed by atoms with Crippen LogP contribution in [0.25, 0.3) is 11.0 Å². The molecule has 0 amide bonds. The van der Waals surface area contributed by atoms with Gasteiger partial charge in [0.2, 0.25) is 0 Å². The van der Waals surface area contributed by atoms with Gasteiger partial charge in [0, 0.05) is 45.1 Å². The minimum absolute atomic E-state index is 0.0186. The van der Waals surface area contributed by atoms with E-state index in [0.29, 0.717) is 24.3 Å². The van der Waals surface area contributed by atoms with E-state index in [0.717, 1.165) is 55.1 Å². The van der Waals surface area contributed by atoms with Gasteiger partial charge in [0.05, 0.1) is 11.3 Å². The van der Waals surface area contributed by atoms with Crippen molar-refractivity contribution in [3.63, 3.8) is 0 Å². The summed E-state index contributed by atoms with van der Waals surface area (Å²) in [5.41, 5.74) is 2.37. The quantitative estimate of drug-likeness (QED) is 0.356. The van der Waals surface area contributed by atoms with E-state index in [-0.39, 0.29) is 12.4 Å². The van der Waals surface area contributed by atoms with Crippen LogP contribution in [0.2, 0.25) is 25.7 Å². The number of rotatable bonds is 9. The number of aliphatic hydroxyl groups is 1. The SMILES string of the molecule is CC(=O)c1cnc2c(ccn2COCC[Si](C)(C)C)c1NC1CCC(CO)CC1. The van der Waals surface area contributed by atoms with Crippen molar-refractivity contribution in [3.8, 4) is 0 Å². The Morgan fingerprint density at radius 3 is 2.66 bits per heavy atom. The molecule has 160 valence electrons. The van der Waals surface area contributed by atoms with Crippen molar-refractivity contribution in [1.29, 1.82) is 0 Å². The highest BCUT2D eigenvalue weighted by Gasteiger charge is 2.23. The molecular formula is C22H35N3O3Si. The van der Waals surface area contributed by atoms with Gasteiger partial charge in [-0.2, -0.15) is 0 Å². The van der Waals surface area contributed by atoms with Crippen LogP contribution in [0.15, 0.2) is 18.5 Å². The third-order valence-electron chi connectivity index (χ3n) is 5.85. The number of Topliss-reactive ketones (excluding diaryl/α,β-unsaturated/α-hetero) is 1. The standard InChI is InChI=1S/C22H35N3O3Si/c1-16(27)20-13-23-22-19(9-10-25(22)15-28-11-12-29(2,3)4)21(20)24-18-7-5-17(14-26)6-8-18/h9-10,13,17-18,26H,5-8,11-12,14-15H2,1-4H3,(H,23,24). The van der Waals surface area contributed by atoms with Gasteiger partial charge in [-0.1, -0.05) is 19.6 Å². The monoisotopic (exact) mass is 417 g/mol. The minimum Gasteiger partial charge on any atom is -0.396 e. The number of hydrogen-bond donors (Lipinski definition) is 2. The van der Waals surface area contributed by atoms with Crippen LogP contribution >= 0.6 is 0 Å². The highest BCUT2D eigenvalue weighted by Crippen LogP contribution is 2.32. The van der Waals surface area contributed by atoms with Crippen LogP contribution in [0.1, 0.15) is 43.0 Å². The van der Waals surface area contributed by atoms with E-state index in [9.17, 15) is 9.90 Å². The maximum atomic E-state index is 12.2. The van der Waals surface area contributed by atoms with Crippen LogP contribution in [-0.4, -0.2) is 47.8 Å². The minimum atomic E-state index is -1.11. The Labute approximate surface area is 174 Å². The molecule has 0 spiro atoms. The Bertz CT molecular complexity index is 836. The van der Waals surface area contributed by atoms with Crippen LogP contribution < -0.4 is 5.32 Å². The molecule has 1 aliphatic rings. The van der Waals surface area contributed by atoms with Crippen LogP contribution in [0, 0.1) is 5.92 Å². The highest BCUT2D eigenvalue weighted by molar-refractivity contribution is 6.76. The van der Waals surface area contributed by atoms with E-state index in [2.05, 4.69) is 29.9 Å². The lowest BCUT2D eigenvalue weighted by atomic mass is 9.86. The number of pyridine rings is 1. The van der Waals surface area contributed by atoms with Crippen molar-refractivity contribution in [2.75, 3.05) is 18.5 Å². The normalized spacial score (nSPS) is 20.2. The Hall–Kier alpha value is -1.70. The first kappa shape index (κ1) is 22.0. The lowest BCUT2D eigenvalue weighted by Crippen LogP contribution is -2.28. The molecule has 1 aliphatic carbocycles. The summed E-state index contributed by atoms with van der Waals surface area (Å²) in [4.78, 5) is 16.8. The zero-order valence-electron chi connectivity index (χ0n) is 18.2. The van der Waals surface area contributed by atoms with Crippen molar-refractivity contribution in [1.82, 2.24) is 9.55 Å². The molecule has 2 aromatic heterocycles. The fourth-order valence-corrected chi connectivity index (χ4v) is 4.66. The molecule has 0 atom stereocenters. The molecule has 0 radical (unpaired) electrons. The molecule has 7 heteroatoms. The van der Waals surface area contributed by atoms with E-state index < -0.39 is 8.07 Å². The topological polar surface area (TPSA) is 76.4 Å². The molecular weight excluding hydrogens is 382 g/mol. The van der Waals surface area contributed by atoms with Gasteiger partial charge in [0.15, 0.2) is 5.78 Å². The Balaban J connectivity index is 1.77. The van der Waals surface area contributed by atoms with E-state index >= 15 is 0 Å². The molecule has 3 rings (SSSR count). The van der Waals surface area contributed by atoms with Gasteiger partial charge in [0.1, 0.15) is 12.4 Å². The number of hydrogen-bond acceptors (Lipinski definition) is 5. The first-order valence-corrected chi connectivity index (χ1v) is 14.4. The smallest absolute Gasteiger partial charge is 0.163 e. The number of anilines is 1. The van der Waals surface area contributed by atoms with Gasteiger partial charge in [-0.25, -0.2) is 4.98 Å². The maximum Gasteiger partial charge on any atom is 0.163 e. The lowest BCUT2D eigenvalue weighted by Gasteiger charge is -2.29. The van der Waals surface area contributed by atoms with Gasteiger partial charge in [0.25, 0.3) is 0 Å². The van der Waals surface area contributed by atoms with E-state index in [1.54, 1.807) is 13.1 Å². The maximum absolute atomic E-state index is 12.2. The second-order valence-corrected chi connectivity index (χ2v) is 15.1. The van der Waals surface area contributed by atoms with Crippen molar-refractivity contribution in [2.45, 2.75) is 71.1 Å². The summed E-state index contributed by atoms with van der Waals surface area (Å²) < 4.78 is 7.91. The van der Waals surface area contributed by atoms with Gasteiger partial charge in [-0.05, 0) is 50.6 Å². The third-order valence-corrected chi connectivity index (χ3v) is 7.55. The van der Waals surface area contributed by atoms with Crippen LogP contribution in [0.5, 0.6) is 0 Å². The van der Waals surface area contributed by atoms with Crippen LogP contribution in [-0.2, 0) is 11.5 Å². The second kappa shape index (κ2) is 9.41. The zero-order valence-corrected chi connectivity index (χ0v) is 19.2. The summed E-state index contributed by atoms with van der Waals surface area (Å²) in [6.45, 7) is 10.1. The first-order chi connectivity index (χ1) is 13.8. The molecule has 2 heterocycles. The molecule has 0 unspecified atom stereocenters. The predicted molar refractivity (Wildman–Crippen MR) is 120 cm³/mol. The van der Waals surface area contributed by atoms with Crippen molar-refractivity contribution < 1.29 is 14.6 Å². The van der Waals surface area contributed by atoms with E-state index in [4.69, 9.17) is 4.74 Å². The average molecular weight is 418 g/mol. The number of aromatic nitrogens is 2. The summed E-state index contributed by atoms with van der Waals surface area (Å²) in [7, 11) is -1.11. The van der Waals surface area contributed by atoms with Crippen molar-refractivity contribution in [2.24, 2.45) is 5.92 Å². The fraction of sp³-hybridized carbons (Fsp3) is 0.636. The van der Waals surface area contributed by atoms with Gasteiger partial charge >= 0.3 is 0 Å². The summed E-state index contributed by atoms with van der Waals surface area (Å²) in [5, 5.41) is 14.0. The lowest BCUT2D eigenvalue weighted by molar-refractivity contribution is 0.0899. The summed E-state index contributed by atoms with van der Waals surface area (Å²) in [5.74, 6) is 0.428. The second-order valence-electron chi connectivity index (χ2n) is 9.52. The molecule has 6 nitrogen and oxygen atoms in total. The predicted octanol–water partition coefficient (Wildman–Crippen LogP) is 4.51. The van der Waals surface area contributed by atoms with E-state index in [1.807, 2.05) is 16.8 Å². The molecule has 0 saturated heterocycles. The molecule has 2 aromatic rings. The molecule has 1 fully saturated rings. The highest BCUT2D eigenvalue weighted by atomic mass is 28.3. The number of carbonyl (C=O) groups excluding carboxylic acids is 1. The van der Waals surface area contributed by atoms with Gasteiger partial charge in [-0.3, -0.25) is 4.79 Å². The molecule has 1 saturated carbocycles. The van der Waals surface area contributed by atoms with Crippen molar-refractivity contribution in [3.05, 3.63) is 24.0 Å². The summed E-state index contributed by atoms with van der Waals surface area (Å²) >= 11 is 0. The Morgan fingerprint density at radius 1 is 1.31 bits per heavy atom. The van der Waals surface area contributed by atoms with Gasteiger partial charge < -0.3 is 19.7 Å². The number of ketones is 1. The van der Waals surface area contributed by atoms with Gasteiger partial charge in [-0.15, -0.1) is 0 Å². The molecule has 29 heavy (non-hydrogen) atoms. The Kier molecular flexibility index (Phi) is 7.13.